The number of aromatic amines is 2. The first-order chi connectivity index (χ1) is 18.7. The molecular weight excluding hydrogens is 503 g/mol. The Kier molecular flexibility index (Phi) is 4.54. The van der Waals surface area contributed by atoms with Crippen LogP contribution in [-0.2, 0) is 0 Å². The Hall–Kier alpha value is -4.51. The molecule has 7 heterocycles. The van der Waals surface area contributed by atoms with Gasteiger partial charge in [-0.1, -0.05) is 12.8 Å². The number of nitrogens with one attached hydrogen (secondary N) is 2. The number of carbonyl (C=O) groups is 1. The highest BCUT2D eigenvalue weighted by Crippen LogP contribution is 2.35. The number of imidazole rings is 1. The summed E-state index contributed by atoms with van der Waals surface area (Å²) in [6, 6.07) is 7.45. The maximum absolute atomic E-state index is 16.1. The zero-order chi connectivity index (χ0) is 25.4. The highest BCUT2D eigenvalue weighted by atomic mass is 32.1. The summed E-state index contributed by atoms with van der Waals surface area (Å²) in [5, 5.41) is 6.47. The maximum atomic E-state index is 16.1. The fourth-order valence-electron chi connectivity index (χ4n) is 5.54. The lowest BCUT2D eigenvalue weighted by atomic mass is 10.1. The Morgan fingerprint density at radius 3 is 2.79 bits per heavy atom. The normalized spacial score (nSPS) is 14.6. The van der Waals surface area contributed by atoms with Gasteiger partial charge in [-0.15, -0.1) is 11.3 Å². The lowest BCUT2D eigenvalue weighted by Crippen LogP contribution is -2.19. The van der Waals surface area contributed by atoms with Crippen molar-refractivity contribution in [1.29, 1.82) is 0 Å². The van der Waals surface area contributed by atoms with E-state index in [2.05, 4.69) is 30.1 Å². The van der Waals surface area contributed by atoms with Gasteiger partial charge in [0.1, 0.15) is 27.1 Å². The summed E-state index contributed by atoms with van der Waals surface area (Å²) < 4.78 is 18.7. The Labute approximate surface area is 217 Å². The van der Waals surface area contributed by atoms with Crippen LogP contribution in [0.15, 0.2) is 49.1 Å². The lowest BCUT2D eigenvalue weighted by Gasteiger charge is -2.12. The second-order valence-corrected chi connectivity index (χ2v) is 10.7. The number of H-pyrrole nitrogens is 2. The van der Waals surface area contributed by atoms with Crippen LogP contribution in [0.2, 0.25) is 0 Å². The summed E-state index contributed by atoms with van der Waals surface area (Å²) in [4.78, 5) is 37.5. The van der Waals surface area contributed by atoms with Crippen molar-refractivity contribution in [2.75, 3.05) is 0 Å². The molecule has 0 spiro atoms. The summed E-state index contributed by atoms with van der Waals surface area (Å²) in [5.41, 5.74) is 4.20. The molecule has 5 aromatic rings. The van der Waals surface area contributed by atoms with Crippen molar-refractivity contribution in [2.45, 2.75) is 25.7 Å². The van der Waals surface area contributed by atoms with Crippen molar-refractivity contribution < 1.29 is 9.18 Å². The highest BCUT2D eigenvalue weighted by molar-refractivity contribution is 7.24. The van der Waals surface area contributed by atoms with E-state index in [1.165, 1.54) is 11.3 Å². The smallest absolute Gasteiger partial charge is 0.235 e. The Morgan fingerprint density at radius 2 is 1.89 bits per heavy atom. The second kappa shape index (κ2) is 7.99. The van der Waals surface area contributed by atoms with Gasteiger partial charge in [-0.2, -0.15) is 0 Å². The molecule has 1 fully saturated rings. The second-order valence-electron chi connectivity index (χ2n) is 9.63. The molecule has 0 atom stereocenters. The molecule has 1 aliphatic carbocycles. The topological polar surface area (TPSA) is 118 Å². The van der Waals surface area contributed by atoms with Crippen LogP contribution < -0.4 is 0 Å². The molecule has 8 rings (SSSR count). The van der Waals surface area contributed by atoms with Crippen molar-refractivity contribution in [1.82, 2.24) is 39.7 Å². The monoisotopic (exact) mass is 522 g/mol. The minimum absolute atomic E-state index is 0.0205. The molecule has 9 nitrogen and oxygen atoms in total. The fraction of sp³-hybridized carbons (Fsp3) is 0.185. The summed E-state index contributed by atoms with van der Waals surface area (Å²) in [5.74, 6) is -0.574. The lowest BCUT2D eigenvalue weighted by molar-refractivity contribution is 0.0847. The number of thiophene rings is 1. The molecule has 0 amide bonds. The number of carbonyl (C=O) groups excluding carboxylic acids is 1. The van der Waals surface area contributed by atoms with Crippen molar-refractivity contribution in [3.8, 4) is 11.3 Å². The molecule has 0 aromatic carbocycles. The van der Waals surface area contributed by atoms with E-state index in [9.17, 15) is 4.79 Å². The van der Waals surface area contributed by atoms with E-state index in [0.717, 1.165) is 35.2 Å². The molecule has 0 saturated heterocycles. The van der Waals surface area contributed by atoms with Crippen molar-refractivity contribution in [3.63, 3.8) is 0 Å². The highest BCUT2D eigenvalue weighted by Gasteiger charge is 2.26. The minimum atomic E-state index is -0.525. The van der Waals surface area contributed by atoms with Gasteiger partial charge in [0.25, 0.3) is 0 Å². The van der Waals surface area contributed by atoms with Gasteiger partial charge in [0.05, 0.1) is 39.2 Å². The van der Waals surface area contributed by atoms with Gasteiger partial charge in [0.2, 0.25) is 5.91 Å². The predicted molar refractivity (Wildman–Crippen MR) is 144 cm³/mol. The number of hydrogen-bond acceptors (Lipinski definition) is 7. The van der Waals surface area contributed by atoms with Crippen LogP contribution in [0.3, 0.4) is 0 Å². The van der Waals surface area contributed by atoms with Crippen LogP contribution in [0, 0.1) is 11.7 Å². The third kappa shape index (κ3) is 3.08. The minimum Gasteiger partial charge on any atom is -0.298 e. The molecule has 1 saturated carbocycles. The molecule has 38 heavy (non-hydrogen) atoms. The Bertz CT molecular complexity index is 2100. The fourth-order valence-corrected chi connectivity index (χ4v) is 6.57. The van der Waals surface area contributed by atoms with E-state index in [-0.39, 0.29) is 17.3 Å². The molecule has 5 aromatic heterocycles. The summed E-state index contributed by atoms with van der Waals surface area (Å²) >= 11 is 1.46. The zero-order valence-electron chi connectivity index (χ0n) is 19.9. The first kappa shape index (κ1) is 21.6. The van der Waals surface area contributed by atoms with Crippen LogP contribution in [0.5, 0.6) is 0 Å². The van der Waals surface area contributed by atoms with Crippen LogP contribution >= 0.6 is 11.3 Å². The van der Waals surface area contributed by atoms with E-state index in [1.807, 2.05) is 12.1 Å². The number of hydrogen-bond donors (Lipinski definition) is 2. The van der Waals surface area contributed by atoms with E-state index in [1.54, 1.807) is 41.5 Å². The summed E-state index contributed by atoms with van der Waals surface area (Å²) in [6.07, 6.45) is 10.2. The number of fused-ring (bicyclic) bond motifs is 9. The largest absolute Gasteiger partial charge is 0.298 e. The molecule has 2 N–H and O–H groups in total. The van der Waals surface area contributed by atoms with E-state index >= 15 is 4.39 Å². The third-order valence-corrected chi connectivity index (χ3v) is 8.47. The van der Waals surface area contributed by atoms with Crippen molar-refractivity contribution >= 4 is 70.9 Å². The van der Waals surface area contributed by atoms with Gasteiger partial charge in [-0.05, 0) is 37.1 Å². The molecule has 2 aliphatic heterocycles. The number of nitrogens with zero attached hydrogens (tertiary/aromatic N) is 6. The van der Waals surface area contributed by atoms with E-state index in [0.29, 0.717) is 49.9 Å². The molecule has 8 bridgehead atoms. The van der Waals surface area contributed by atoms with Gasteiger partial charge in [-0.3, -0.25) is 34.5 Å². The summed E-state index contributed by atoms with van der Waals surface area (Å²) in [6.45, 7) is 0. The number of aromatic nitrogens is 8. The summed E-state index contributed by atoms with van der Waals surface area (Å²) in [7, 11) is 0. The molecular formula is C27H19FN8OS. The Balaban J connectivity index is 1.59. The van der Waals surface area contributed by atoms with Gasteiger partial charge >= 0.3 is 0 Å². The molecule has 11 heteroatoms. The first-order valence-electron chi connectivity index (χ1n) is 12.4. The third-order valence-electron chi connectivity index (χ3n) is 7.39. The quantitative estimate of drug-likeness (QED) is 0.267. The molecule has 0 unspecified atom stereocenters. The van der Waals surface area contributed by atoms with Crippen molar-refractivity contribution in [2.24, 2.45) is 5.92 Å². The SMILES string of the molecule is O=C(C1CCCC1)n1c2cncc(c2)c2ncc3[nH][nH]c(c4nc5ccnc(c6ccc1s6)c5n4)-c3c2F. The van der Waals surface area contributed by atoms with Crippen LogP contribution in [0.4, 0.5) is 4.39 Å². The van der Waals surface area contributed by atoms with Crippen LogP contribution in [-0.4, -0.2) is 45.6 Å². The van der Waals surface area contributed by atoms with Crippen molar-refractivity contribution in [3.05, 3.63) is 54.9 Å². The standard InChI is InChI=1S/C27H19FN8OS/c28-21-20-17-12-31-22(21)14-9-15(11-29-10-14)36(27(37)13-3-1-2-4-13)19-6-5-18(38-19)24-23-16(7-8-30-24)32-26(33-23)25(20)35-34-17/h5-13,34-35H,1-4H2. The number of halogens is 1. The first-order valence-corrected chi connectivity index (χ1v) is 13.2. The molecule has 3 aliphatic rings. The van der Waals surface area contributed by atoms with Gasteiger partial charge in [-0.25, -0.2) is 14.4 Å². The molecule has 186 valence electrons. The average Bonchev–Trinajstić information content (AvgIpc) is 3.74. The average molecular weight is 523 g/mol. The van der Waals surface area contributed by atoms with E-state index in [4.69, 9.17) is 4.98 Å². The maximum Gasteiger partial charge on any atom is 0.235 e. The van der Waals surface area contributed by atoms with Gasteiger partial charge in [0.15, 0.2) is 11.5 Å². The molecule has 0 radical (unpaired) electrons. The van der Waals surface area contributed by atoms with E-state index < -0.39 is 5.82 Å². The van der Waals surface area contributed by atoms with Gasteiger partial charge in [0, 0.05) is 23.7 Å². The number of pyridine rings is 3. The zero-order valence-corrected chi connectivity index (χ0v) is 20.7. The number of rotatable bonds is 1. The predicted octanol–water partition coefficient (Wildman–Crippen LogP) is 6.15. The van der Waals surface area contributed by atoms with Gasteiger partial charge < -0.3 is 0 Å². The van der Waals surface area contributed by atoms with Crippen LogP contribution in [0.1, 0.15) is 30.5 Å². The van der Waals surface area contributed by atoms with Crippen LogP contribution in [0.25, 0.3) is 64.9 Å². The Morgan fingerprint density at radius 1 is 1.00 bits per heavy atom.